The lowest BCUT2D eigenvalue weighted by Gasteiger charge is -2.21. The number of hydrogen-bond acceptors (Lipinski definition) is 4. The fourth-order valence-corrected chi connectivity index (χ4v) is 2.76. The van der Waals surface area contributed by atoms with Crippen molar-refractivity contribution in [1.82, 2.24) is 5.32 Å². The van der Waals surface area contributed by atoms with Gasteiger partial charge in [0.05, 0.1) is 11.7 Å². The zero-order valence-electron chi connectivity index (χ0n) is 13.6. The molecule has 0 spiro atoms. The summed E-state index contributed by atoms with van der Waals surface area (Å²) in [6, 6.07) is 11.5. The zero-order valence-corrected chi connectivity index (χ0v) is 13.6. The number of ether oxygens (including phenoxy) is 1. The summed E-state index contributed by atoms with van der Waals surface area (Å²) in [5.41, 5.74) is 2.47. The average molecular weight is 328 g/mol. The standard InChI is InChI=1S/C19H21FN2O2/c1-2-16(22-12-13-3-6-15(20)7-4-13)19(23)14-5-8-18-17(11-14)21-9-10-24-18/h3-8,11,16,21-22H,2,9-10,12H2,1H3. The second-order valence-corrected chi connectivity index (χ2v) is 5.82. The Morgan fingerprint density at radius 3 is 2.83 bits per heavy atom. The first-order chi connectivity index (χ1) is 11.7. The summed E-state index contributed by atoms with van der Waals surface area (Å²) >= 11 is 0. The number of fused-ring (bicyclic) bond motifs is 1. The molecule has 2 N–H and O–H groups in total. The topological polar surface area (TPSA) is 50.4 Å². The van der Waals surface area contributed by atoms with E-state index in [-0.39, 0.29) is 17.6 Å². The molecule has 0 aliphatic carbocycles. The molecule has 1 heterocycles. The van der Waals surface area contributed by atoms with Gasteiger partial charge in [0.1, 0.15) is 18.2 Å². The monoisotopic (exact) mass is 328 g/mol. The minimum absolute atomic E-state index is 0.0507. The van der Waals surface area contributed by atoms with E-state index in [4.69, 9.17) is 4.74 Å². The molecule has 0 radical (unpaired) electrons. The molecule has 4 nitrogen and oxygen atoms in total. The van der Waals surface area contributed by atoms with E-state index in [2.05, 4.69) is 10.6 Å². The molecule has 24 heavy (non-hydrogen) atoms. The molecule has 3 rings (SSSR count). The molecular weight excluding hydrogens is 307 g/mol. The van der Waals surface area contributed by atoms with Crippen molar-refractivity contribution < 1.29 is 13.9 Å². The summed E-state index contributed by atoms with van der Waals surface area (Å²) in [7, 11) is 0. The van der Waals surface area contributed by atoms with Crippen molar-refractivity contribution in [3.8, 4) is 5.75 Å². The molecule has 1 unspecified atom stereocenters. The van der Waals surface area contributed by atoms with Crippen molar-refractivity contribution in [2.45, 2.75) is 25.9 Å². The Bertz CT molecular complexity index is 716. The van der Waals surface area contributed by atoms with Gasteiger partial charge in [-0.1, -0.05) is 19.1 Å². The number of Topliss-reactive ketones (excluding diaryl/α,β-unsaturated/α-hetero) is 1. The lowest BCUT2D eigenvalue weighted by Crippen LogP contribution is -2.36. The second-order valence-electron chi connectivity index (χ2n) is 5.82. The lowest BCUT2D eigenvalue weighted by atomic mass is 10.0. The minimum atomic E-state index is -0.280. The van der Waals surface area contributed by atoms with E-state index in [0.29, 0.717) is 25.1 Å². The Morgan fingerprint density at radius 1 is 1.29 bits per heavy atom. The van der Waals surface area contributed by atoms with E-state index in [1.807, 2.05) is 19.1 Å². The normalized spacial score (nSPS) is 14.2. The lowest BCUT2D eigenvalue weighted by molar-refractivity contribution is 0.0939. The van der Waals surface area contributed by atoms with E-state index < -0.39 is 0 Å². The van der Waals surface area contributed by atoms with Crippen LogP contribution in [0.2, 0.25) is 0 Å². The predicted molar refractivity (Wildman–Crippen MR) is 92.1 cm³/mol. The van der Waals surface area contributed by atoms with Crippen LogP contribution >= 0.6 is 0 Å². The summed E-state index contributed by atoms with van der Waals surface area (Å²) < 4.78 is 18.5. The summed E-state index contributed by atoms with van der Waals surface area (Å²) in [6.07, 6.45) is 0.682. The number of nitrogens with one attached hydrogen (secondary N) is 2. The first-order valence-corrected chi connectivity index (χ1v) is 8.20. The van der Waals surface area contributed by atoms with Crippen LogP contribution in [0, 0.1) is 5.82 Å². The molecule has 1 aliphatic heterocycles. The van der Waals surface area contributed by atoms with Crippen molar-refractivity contribution in [2.75, 3.05) is 18.5 Å². The van der Waals surface area contributed by atoms with Crippen LogP contribution < -0.4 is 15.4 Å². The smallest absolute Gasteiger partial charge is 0.179 e. The third-order valence-electron chi connectivity index (χ3n) is 4.13. The summed E-state index contributed by atoms with van der Waals surface area (Å²) in [6.45, 7) is 3.87. The van der Waals surface area contributed by atoms with Gasteiger partial charge in [-0.2, -0.15) is 0 Å². The maximum atomic E-state index is 12.9. The highest BCUT2D eigenvalue weighted by Crippen LogP contribution is 2.28. The number of hydrogen-bond donors (Lipinski definition) is 2. The Labute approximate surface area is 141 Å². The number of rotatable bonds is 6. The summed E-state index contributed by atoms with van der Waals surface area (Å²) in [5, 5.41) is 6.50. The highest BCUT2D eigenvalue weighted by molar-refractivity contribution is 6.01. The number of anilines is 1. The van der Waals surface area contributed by atoms with Crippen LogP contribution in [0.4, 0.5) is 10.1 Å². The first kappa shape index (κ1) is 16.5. The van der Waals surface area contributed by atoms with Gasteiger partial charge in [-0.05, 0) is 42.3 Å². The molecule has 0 aromatic heterocycles. The number of benzene rings is 2. The van der Waals surface area contributed by atoms with Gasteiger partial charge in [0, 0.05) is 18.7 Å². The van der Waals surface area contributed by atoms with E-state index in [1.165, 1.54) is 12.1 Å². The number of ketones is 1. The van der Waals surface area contributed by atoms with Crippen molar-refractivity contribution in [3.63, 3.8) is 0 Å². The molecule has 1 aliphatic rings. The molecule has 1 atom stereocenters. The van der Waals surface area contributed by atoms with Gasteiger partial charge in [-0.25, -0.2) is 4.39 Å². The van der Waals surface area contributed by atoms with Gasteiger partial charge in [0.25, 0.3) is 0 Å². The molecular formula is C19H21FN2O2. The van der Waals surface area contributed by atoms with Gasteiger partial charge in [-0.3, -0.25) is 4.79 Å². The quantitative estimate of drug-likeness (QED) is 0.798. The fraction of sp³-hybridized carbons (Fsp3) is 0.316. The maximum Gasteiger partial charge on any atom is 0.179 e. The Hall–Kier alpha value is -2.40. The average Bonchev–Trinajstić information content (AvgIpc) is 2.63. The van der Waals surface area contributed by atoms with Gasteiger partial charge < -0.3 is 15.4 Å². The van der Waals surface area contributed by atoms with Crippen LogP contribution in [0.25, 0.3) is 0 Å². The van der Waals surface area contributed by atoms with Gasteiger partial charge >= 0.3 is 0 Å². The first-order valence-electron chi connectivity index (χ1n) is 8.20. The van der Waals surface area contributed by atoms with Crippen LogP contribution in [0.5, 0.6) is 5.75 Å². The van der Waals surface area contributed by atoms with Crippen LogP contribution in [0.15, 0.2) is 42.5 Å². The molecule has 0 amide bonds. The third kappa shape index (κ3) is 3.74. The molecule has 5 heteroatoms. The summed E-state index contributed by atoms with van der Waals surface area (Å²) in [5.74, 6) is 0.575. The second kappa shape index (κ2) is 7.45. The zero-order chi connectivity index (χ0) is 16.9. The Morgan fingerprint density at radius 2 is 2.08 bits per heavy atom. The van der Waals surface area contributed by atoms with E-state index in [9.17, 15) is 9.18 Å². The molecule has 0 bridgehead atoms. The highest BCUT2D eigenvalue weighted by atomic mass is 19.1. The maximum absolute atomic E-state index is 12.9. The molecule has 2 aromatic rings. The highest BCUT2D eigenvalue weighted by Gasteiger charge is 2.20. The molecule has 0 saturated carbocycles. The Balaban J connectivity index is 1.68. The number of carbonyl (C=O) groups is 1. The van der Waals surface area contributed by atoms with Gasteiger partial charge in [-0.15, -0.1) is 0 Å². The van der Waals surface area contributed by atoms with Crippen molar-refractivity contribution >= 4 is 11.5 Å². The third-order valence-corrected chi connectivity index (χ3v) is 4.13. The van der Waals surface area contributed by atoms with Gasteiger partial charge in [0.15, 0.2) is 5.78 Å². The number of halogens is 1. The van der Waals surface area contributed by atoms with Crippen LogP contribution in [0.3, 0.4) is 0 Å². The molecule has 0 saturated heterocycles. The van der Waals surface area contributed by atoms with Crippen LogP contribution in [-0.2, 0) is 6.54 Å². The van der Waals surface area contributed by atoms with Crippen molar-refractivity contribution in [3.05, 3.63) is 59.4 Å². The Kier molecular flexibility index (Phi) is 5.11. The summed E-state index contributed by atoms with van der Waals surface area (Å²) in [4.78, 5) is 12.7. The number of carbonyl (C=O) groups excluding carboxylic acids is 1. The predicted octanol–water partition coefficient (Wildman–Crippen LogP) is 3.38. The fourth-order valence-electron chi connectivity index (χ4n) is 2.76. The van der Waals surface area contributed by atoms with E-state index in [1.54, 1.807) is 18.2 Å². The van der Waals surface area contributed by atoms with Crippen LogP contribution in [0.1, 0.15) is 29.3 Å². The molecule has 126 valence electrons. The van der Waals surface area contributed by atoms with Gasteiger partial charge in [0.2, 0.25) is 0 Å². The van der Waals surface area contributed by atoms with E-state index in [0.717, 1.165) is 23.5 Å². The van der Waals surface area contributed by atoms with Crippen molar-refractivity contribution in [2.24, 2.45) is 0 Å². The van der Waals surface area contributed by atoms with E-state index >= 15 is 0 Å². The minimum Gasteiger partial charge on any atom is -0.490 e. The van der Waals surface area contributed by atoms with Crippen molar-refractivity contribution in [1.29, 1.82) is 0 Å². The molecule has 2 aromatic carbocycles. The largest absolute Gasteiger partial charge is 0.490 e. The SMILES string of the molecule is CCC(NCc1ccc(F)cc1)C(=O)c1ccc2c(c1)NCCO2. The molecule has 0 fully saturated rings. The van der Waals surface area contributed by atoms with Crippen LogP contribution in [-0.4, -0.2) is 25.0 Å².